The maximum absolute atomic E-state index is 6.10. The number of benzene rings is 4. The zero-order valence-corrected chi connectivity index (χ0v) is 20.0. The van der Waals surface area contributed by atoms with E-state index in [2.05, 4.69) is 123 Å². The van der Waals surface area contributed by atoms with E-state index in [9.17, 15) is 0 Å². The molecule has 4 aromatic carbocycles. The molecule has 0 saturated carbocycles. The molecule has 0 saturated heterocycles. The van der Waals surface area contributed by atoms with Crippen LogP contribution in [0.4, 0.5) is 0 Å². The van der Waals surface area contributed by atoms with Crippen LogP contribution in [0.25, 0.3) is 11.1 Å². The van der Waals surface area contributed by atoms with Crippen LogP contribution >= 0.6 is 7.92 Å². The molecule has 0 aliphatic carbocycles. The van der Waals surface area contributed by atoms with Gasteiger partial charge in [-0.1, -0.05) is 117 Å². The Hall–Kier alpha value is -3.22. The van der Waals surface area contributed by atoms with Gasteiger partial charge < -0.3 is 4.74 Å². The Bertz CT molecular complexity index is 1210. The Morgan fingerprint density at radius 3 is 1.76 bits per heavy atom. The first-order valence-electron chi connectivity index (χ1n) is 11.5. The van der Waals surface area contributed by atoms with Crippen LogP contribution in [0.1, 0.15) is 19.4 Å². The van der Waals surface area contributed by atoms with Crippen LogP contribution in [0.3, 0.4) is 0 Å². The van der Waals surface area contributed by atoms with Crippen molar-refractivity contribution in [3.05, 3.63) is 115 Å². The van der Waals surface area contributed by atoms with Gasteiger partial charge in [-0.05, 0) is 46.9 Å². The van der Waals surface area contributed by atoms with E-state index >= 15 is 0 Å². The second-order valence-electron chi connectivity index (χ2n) is 8.63. The number of aliphatic imine (C=N–C) groups is 1. The highest BCUT2D eigenvalue weighted by molar-refractivity contribution is 7.80. The Labute approximate surface area is 197 Å². The fraction of sp³-hybridized carbons (Fsp3) is 0.167. The Balaban J connectivity index is 1.67. The van der Waals surface area contributed by atoms with Gasteiger partial charge in [-0.3, -0.25) is 0 Å². The first kappa shape index (κ1) is 21.6. The van der Waals surface area contributed by atoms with Gasteiger partial charge in [0.25, 0.3) is 0 Å². The Morgan fingerprint density at radius 1 is 0.667 bits per heavy atom. The molecule has 0 aromatic heterocycles. The molecule has 1 aliphatic heterocycles. The maximum atomic E-state index is 6.10. The van der Waals surface area contributed by atoms with Crippen molar-refractivity contribution in [2.75, 3.05) is 6.61 Å². The molecule has 0 N–H and O–H groups in total. The molecule has 2 nitrogen and oxygen atoms in total. The second kappa shape index (κ2) is 9.73. The third-order valence-electron chi connectivity index (χ3n) is 6.06. The van der Waals surface area contributed by atoms with Crippen molar-refractivity contribution in [2.45, 2.75) is 19.9 Å². The molecule has 0 bridgehead atoms. The highest BCUT2D eigenvalue weighted by Gasteiger charge is 2.26. The fourth-order valence-electron chi connectivity index (χ4n) is 4.26. The molecule has 0 amide bonds. The van der Waals surface area contributed by atoms with E-state index < -0.39 is 7.92 Å². The number of nitrogens with zero attached hydrogens (tertiary/aromatic N) is 1. The molecule has 33 heavy (non-hydrogen) atoms. The molecule has 3 heteroatoms. The normalized spacial score (nSPS) is 15.5. The van der Waals surface area contributed by atoms with Crippen molar-refractivity contribution >= 4 is 29.7 Å². The second-order valence-corrected chi connectivity index (χ2v) is 10.8. The molecule has 1 atom stereocenters. The fourth-order valence-corrected chi connectivity index (χ4v) is 6.73. The first-order valence-corrected chi connectivity index (χ1v) is 12.9. The van der Waals surface area contributed by atoms with E-state index in [0.717, 1.165) is 11.5 Å². The lowest BCUT2D eigenvalue weighted by molar-refractivity contribution is 0.292. The number of hydrogen-bond acceptors (Lipinski definition) is 2. The van der Waals surface area contributed by atoms with Crippen molar-refractivity contribution in [1.29, 1.82) is 0 Å². The average Bonchev–Trinajstić information content (AvgIpc) is 3.37. The van der Waals surface area contributed by atoms with Crippen LogP contribution in [-0.4, -0.2) is 18.5 Å². The van der Waals surface area contributed by atoms with Gasteiger partial charge in [0.2, 0.25) is 5.90 Å². The molecule has 164 valence electrons. The van der Waals surface area contributed by atoms with Gasteiger partial charge in [-0.25, -0.2) is 4.99 Å². The summed E-state index contributed by atoms with van der Waals surface area (Å²) < 4.78 is 6.10. The van der Waals surface area contributed by atoms with Gasteiger partial charge in [0.05, 0.1) is 6.04 Å². The zero-order valence-electron chi connectivity index (χ0n) is 19.1. The summed E-state index contributed by atoms with van der Waals surface area (Å²) in [6, 6.07) is 39.3. The quantitative estimate of drug-likeness (QED) is 0.335. The van der Waals surface area contributed by atoms with Crippen LogP contribution in [0.5, 0.6) is 0 Å². The van der Waals surface area contributed by atoms with E-state index in [1.807, 2.05) is 0 Å². The van der Waals surface area contributed by atoms with E-state index in [1.54, 1.807) is 0 Å². The summed E-state index contributed by atoms with van der Waals surface area (Å²) >= 11 is 0. The smallest absolute Gasteiger partial charge is 0.217 e. The molecule has 1 heterocycles. The third kappa shape index (κ3) is 4.49. The van der Waals surface area contributed by atoms with E-state index in [-0.39, 0.29) is 6.04 Å². The van der Waals surface area contributed by atoms with Crippen LogP contribution in [0.15, 0.2) is 114 Å². The predicted octanol–water partition coefficient (Wildman–Crippen LogP) is 5.91. The summed E-state index contributed by atoms with van der Waals surface area (Å²) in [7, 11) is -0.715. The number of hydrogen-bond donors (Lipinski definition) is 0. The lowest BCUT2D eigenvalue weighted by Gasteiger charge is -2.23. The largest absolute Gasteiger partial charge is 0.475 e. The van der Waals surface area contributed by atoms with Crippen molar-refractivity contribution < 1.29 is 4.74 Å². The lowest BCUT2D eigenvalue weighted by Crippen LogP contribution is -2.22. The van der Waals surface area contributed by atoms with E-state index in [1.165, 1.54) is 27.0 Å². The maximum Gasteiger partial charge on any atom is 0.217 e. The van der Waals surface area contributed by atoms with Crippen LogP contribution in [0.2, 0.25) is 0 Å². The average molecular weight is 450 g/mol. The lowest BCUT2D eigenvalue weighted by atomic mass is 9.99. The molecule has 4 aromatic rings. The van der Waals surface area contributed by atoms with Gasteiger partial charge in [-0.2, -0.15) is 0 Å². The molecule has 0 fully saturated rings. The number of rotatable bonds is 6. The van der Waals surface area contributed by atoms with Crippen molar-refractivity contribution in [2.24, 2.45) is 10.9 Å². The van der Waals surface area contributed by atoms with Gasteiger partial charge >= 0.3 is 0 Å². The summed E-state index contributed by atoms with van der Waals surface area (Å²) in [5.41, 5.74) is 3.49. The number of ether oxygens (including phenoxy) is 1. The van der Waals surface area contributed by atoms with E-state index in [4.69, 9.17) is 9.73 Å². The molecule has 0 spiro atoms. The minimum atomic E-state index is -0.715. The predicted molar refractivity (Wildman–Crippen MR) is 142 cm³/mol. The third-order valence-corrected chi connectivity index (χ3v) is 8.57. The van der Waals surface area contributed by atoms with Crippen molar-refractivity contribution in [1.82, 2.24) is 0 Å². The molecule has 0 unspecified atom stereocenters. The summed E-state index contributed by atoms with van der Waals surface area (Å²) in [4.78, 5) is 4.93. The molecule has 5 rings (SSSR count). The SMILES string of the molecule is CC(C)[C@H]1COC(c2ccccc2-c2ccccc2P(c2ccccc2)c2ccccc2)=N1. The van der Waals surface area contributed by atoms with Crippen LogP contribution < -0.4 is 15.9 Å². The first-order chi connectivity index (χ1) is 16.2. The minimum absolute atomic E-state index is 0.217. The monoisotopic (exact) mass is 449 g/mol. The Kier molecular flexibility index (Phi) is 6.37. The molecular weight excluding hydrogens is 421 g/mol. The topological polar surface area (TPSA) is 21.6 Å². The summed E-state index contributed by atoms with van der Waals surface area (Å²) in [5, 5.41) is 4.03. The van der Waals surface area contributed by atoms with Gasteiger partial charge in [0, 0.05) is 5.56 Å². The van der Waals surface area contributed by atoms with Crippen LogP contribution in [0, 0.1) is 5.92 Å². The highest BCUT2D eigenvalue weighted by atomic mass is 31.1. The summed E-state index contributed by atoms with van der Waals surface area (Å²) in [6.45, 7) is 5.06. The Morgan fingerprint density at radius 2 is 1.18 bits per heavy atom. The van der Waals surface area contributed by atoms with Crippen LogP contribution in [-0.2, 0) is 4.74 Å². The summed E-state index contributed by atoms with van der Waals surface area (Å²) in [6.07, 6.45) is 0. The van der Waals surface area contributed by atoms with Crippen molar-refractivity contribution in [3.8, 4) is 11.1 Å². The molecular formula is C30H28NOP. The zero-order chi connectivity index (χ0) is 22.6. The van der Waals surface area contributed by atoms with E-state index in [0.29, 0.717) is 12.5 Å². The van der Waals surface area contributed by atoms with Gasteiger partial charge in [0.15, 0.2) is 0 Å². The molecule has 0 radical (unpaired) electrons. The minimum Gasteiger partial charge on any atom is -0.475 e. The highest BCUT2D eigenvalue weighted by Crippen LogP contribution is 2.38. The molecule has 1 aliphatic rings. The summed E-state index contributed by atoms with van der Waals surface area (Å²) in [5.74, 6) is 1.23. The van der Waals surface area contributed by atoms with Gasteiger partial charge in [-0.15, -0.1) is 0 Å². The standard InChI is InChI=1S/C30H28NOP/c1-22(2)28-21-32-30(31-28)27-19-10-9-17-25(27)26-18-11-12-20-29(26)33(23-13-5-3-6-14-23)24-15-7-4-8-16-24/h3-20,22,28H,21H2,1-2H3/t28-/m1/s1. The van der Waals surface area contributed by atoms with Gasteiger partial charge in [0.1, 0.15) is 6.61 Å². The van der Waals surface area contributed by atoms with Crippen molar-refractivity contribution in [3.63, 3.8) is 0 Å².